The fourth-order valence-electron chi connectivity index (χ4n) is 0.603. The summed E-state index contributed by atoms with van der Waals surface area (Å²) < 4.78 is 35.6. The number of hydrogen-bond donors (Lipinski definition) is 0. The molecule has 0 aliphatic heterocycles. The molecular formula is C6H5F2NO4. The summed E-state index contributed by atoms with van der Waals surface area (Å²) in [6.07, 6.45) is 0. The number of carbonyl (C=O) groups excluding carboxylic acids is 1. The highest BCUT2D eigenvalue weighted by atomic mass is 19.3. The van der Waals surface area contributed by atoms with Crippen molar-refractivity contribution in [3.63, 3.8) is 0 Å². The lowest BCUT2D eigenvalue weighted by Gasteiger charge is -1.95. The van der Waals surface area contributed by atoms with Gasteiger partial charge in [0.15, 0.2) is 0 Å². The van der Waals surface area contributed by atoms with Crippen LogP contribution in [0.4, 0.5) is 8.78 Å². The molecule has 1 aromatic rings. The van der Waals surface area contributed by atoms with E-state index in [1.54, 1.807) is 0 Å². The second kappa shape index (κ2) is 3.83. The van der Waals surface area contributed by atoms with E-state index in [0.717, 1.165) is 13.2 Å². The average Bonchev–Trinajstić information content (AvgIpc) is 2.50. The third-order valence-corrected chi connectivity index (χ3v) is 1.08. The molecule has 0 spiro atoms. The van der Waals surface area contributed by atoms with Crippen molar-refractivity contribution in [3.8, 4) is 5.88 Å². The van der Waals surface area contributed by atoms with Crippen LogP contribution in [0, 0.1) is 0 Å². The van der Waals surface area contributed by atoms with Crippen LogP contribution in [0.1, 0.15) is 10.6 Å². The van der Waals surface area contributed by atoms with Gasteiger partial charge in [0.05, 0.1) is 13.2 Å². The lowest BCUT2D eigenvalue weighted by atomic mass is 10.5. The van der Waals surface area contributed by atoms with Crippen LogP contribution in [0.5, 0.6) is 5.88 Å². The summed E-state index contributed by atoms with van der Waals surface area (Å²) >= 11 is 0. The first-order valence-electron chi connectivity index (χ1n) is 3.13. The number of rotatable bonds is 3. The zero-order chi connectivity index (χ0) is 9.84. The van der Waals surface area contributed by atoms with E-state index in [4.69, 9.17) is 0 Å². The van der Waals surface area contributed by atoms with Crippen LogP contribution in [0.15, 0.2) is 10.6 Å². The van der Waals surface area contributed by atoms with Gasteiger partial charge in [-0.3, -0.25) is 0 Å². The van der Waals surface area contributed by atoms with Crippen molar-refractivity contribution in [2.24, 2.45) is 0 Å². The molecule has 0 N–H and O–H groups in total. The van der Waals surface area contributed by atoms with E-state index in [0.29, 0.717) is 0 Å². The third-order valence-electron chi connectivity index (χ3n) is 1.08. The highest BCUT2D eigenvalue weighted by Gasteiger charge is 2.15. The Morgan fingerprint density at radius 2 is 2.38 bits per heavy atom. The van der Waals surface area contributed by atoms with Gasteiger partial charge in [-0.2, -0.15) is 8.78 Å². The number of halogens is 2. The highest BCUT2D eigenvalue weighted by molar-refractivity contribution is 5.86. The summed E-state index contributed by atoms with van der Waals surface area (Å²) in [5.41, 5.74) is 0. The van der Waals surface area contributed by atoms with E-state index < -0.39 is 18.5 Å². The minimum absolute atomic E-state index is 0.293. The van der Waals surface area contributed by atoms with Gasteiger partial charge in [0, 0.05) is 0 Å². The number of methoxy groups -OCH3 is 1. The van der Waals surface area contributed by atoms with Gasteiger partial charge in [-0.15, -0.1) is 0 Å². The van der Waals surface area contributed by atoms with Gasteiger partial charge in [0.2, 0.25) is 5.76 Å². The van der Waals surface area contributed by atoms with Crippen LogP contribution in [-0.4, -0.2) is 24.8 Å². The molecule has 72 valence electrons. The molecule has 13 heavy (non-hydrogen) atoms. The maximum Gasteiger partial charge on any atom is 0.388 e. The maximum absolute atomic E-state index is 11.6. The number of hydrogen-bond acceptors (Lipinski definition) is 5. The summed E-state index contributed by atoms with van der Waals surface area (Å²) in [6, 6.07) is 0.915. The van der Waals surface area contributed by atoms with Crippen molar-refractivity contribution in [2.45, 2.75) is 6.61 Å². The van der Waals surface area contributed by atoms with Crippen LogP contribution in [0.3, 0.4) is 0 Å². The van der Waals surface area contributed by atoms with Crippen molar-refractivity contribution >= 4 is 5.97 Å². The van der Waals surface area contributed by atoms with E-state index in [1.165, 1.54) is 0 Å². The normalized spacial score (nSPS) is 10.2. The van der Waals surface area contributed by atoms with Gasteiger partial charge >= 0.3 is 12.6 Å². The van der Waals surface area contributed by atoms with E-state index >= 15 is 0 Å². The zero-order valence-corrected chi connectivity index (χ0v) is 6.49. The minimum atomic E-state index is -3.00. The second-order valence-electron chi connectivity index (χ2n) is 1.90. The van der Waals surface area contributed by atoms with Crippen LogP contribution in [0.25, 0.3) is 0 Å². The number of carbonyl (C=O) groups is 1. The number of nitrogens with zero attached hydrogens (tertiary/aromatic N) is 1. The van der Waals surface area contributed by atoms with Crippen molar-refractivity contribution < 1.29 is 27.6 Å². The molecule has 0 aromatic carbocycles. The molecule has 0 atom stereocenters. The van der Waals surface area contributed by atoms with Crippen LogP contribution >= 0.6 is 0 Å². The molecule has 0 saturated heterocycles. The highest BCUT2D eigenvalue weighted by Crippen LogP contribution is 2.14. The van der Waals surface area contributed by atoms with E-state index in [1.807, 2.05) is 0 Å². The van der Waals surface area contributed by atoms with Crippen molar-refractivity contribution in [1.82, 2.24) is 5.16 Å². The molecule has 0 aliphatic rings. The van der Waals surface area contributed by atoms with Crippen molar-refractivity contribution in [1.29, 1.82) is 0 Å². The fraction of sp³-hybridized carbons (Fsp3) is 0.333. The SMILES string of the molecule is COC(=O)c1cc(OC(F)F)no1. The first-order chi connectivity index (χ1) is 6.13. The van der Waals surface area contributed by atoms with E-state index in [2.05, 4.69) is 19.2 Å². The second-order valence-corrected chi connectivity index (χ2v) is 1.90. The molecule has 1 aromatic heterocycles. The fourth-order valence-corrected chi connectivity index (χ4v) is 0.603. The molecular weight excluding hydrogens is 188 g/mol. The minimum Gasteiger partial charge on any atom is -0.463 e. The monoisotopic (exact) mass is 193 g/mol. The topological polar surface area (TPSA) is 61.6 Å². The Morgan fingerprint density at radius 1 is 1.69 bits per heavy atom. The van der Waals surface area contributed by atoms with Gasteiger partial charge < -0.3 is 14.0 Å². The molecule has 0 unspecified atom stereocenters. The molecule has 0 bridgehead atoms. The van der Waals surface area contributed by atoms with Crippen molar-refractivity contribution in [2.75, 3.05) is 7.11 Å². The third kappa shape index (κ3) is 2.39. The number of aromatic nitrogens is 1. The Kier molecular flexibility index (Phi) is 2.78. The Bertz CT molecular complexity index is 299. The van der Waals surface area contributed by atoms with Gasteiger partial charge in [0.25, 0.3) is 5.88 Å². The molecule has 0 saturated carbocycles. The molecule has 0 radical (unpaired) electrons. The largest absolute Gasteiger partial charge is 0.463 e. The number of esters is 1. The molecule has 0 fully saturated rings. The predicted octanol–water partition coefficient (Wildman–Crippen LogP) is 1.06. The Labute approximate surface area is 71.2 Å². The molecule has 7 heteroatoms. The Morgan fingerprint density at radius 3 is 2.92 bits per heavy atom. The standard InChI is InChI=1S/C6H5F2NO4/c1-11-5(10)3-2-4(9-13-3)12-6(7)8/h2,6H,1H3. The van der Waals surface area contributed by atoms with Crippen LogP contribution in [-0.2, 0) is 4.74 Å². The van der Waals surface area contributed by atoms with Gasteiger partial charge in [-0.25, -0.2) is 4.79 Å². The smallest absolute Gasteiger partial charge is 0.388 e. The summed E-state index contributed by atoms with van der Waals surface area (Å²) in [5.74, 6) is -1.56. The zero-order valence-electron chi connectivity index (χ0n) is 6.49. The summed E-state index contributed by atoms with van der Waals surface area (Å²) in [6.45, 7) is -3.00. The van der Waals surface area contributed by atoms with Gasteiger partial charge in [-0.05, 0) is 5.16 Å². The molecule has 0 aliphatic carbocycles. The van der Waals surface area contributed by atoms with E-state index in [9.17, 15) is 13.6 Å². The molecule has 5 nitrogen and oxygen atoms in total. The lowest BCUT2D eigenvalue weighted by molar-refractivity contribution is -0.0545. The maximum atomic E-state index is 11.6. The first-order valence-corrected chi connectivity index (χ1v) is 3.13. The van der Waals surface area contributed by atoms with Gasteiger partial charge in [-0.1, -0.05) is 0 Å². The van der Waals surface area contributed by atoms with Gasteiger partial charge in [0.1, 0.15) is 0 Å². The van der Waals surface area contributed by atoms with Crippen LogP contribution < -0.4 is 4.74 Å². The quantitative estimate of drug-likeness (QED) is 0.671. The lowest BCUT2D eigenvalue weighted by Crippen LogP contribution is -2.02. The summed E-state index contributed by atoms with van der Waals surface area (Å²) in [5, 5.41) is 3.05. The summed E-state index contributed by atoms with van der Waals surface area (Å²) in [4.78, 5) is 10.7. The van der Waals surface area contributed by atoms with Crippen LogP contribution in [0.2, 0.25) is 0 Å². The first kappa shape index (κ1) is 9.43. The Hall–Kier alpha value is -1.66. The molecule has 1 heterocycles. The molecule has 0 amide bonds. The van der Waals surface area contributed by atoms with E-state index in [-0.39, 0.29) is 5.76 Å². The average molecular weight is 193 g/mol. The predicted molar refractivity (Wildman–Crippen MR) is 34.5 cm³/mol. The Balaban J connectivity index is 2.69. The van der Waals surface area contributed by atoms with Crippen molar-refractivity contribution in [3.05, 3.63) is 11.8 Å². The molecule has 1 rings (SSSR count). The number of ether oxygens (including phenoxy) is 2. The summed E-state index contributed by atoms with van der Waals surface area (Å²) in [7, 11) is 1.12. The number of alkyl halides is 2.